The van der Waals surface area contributed by atoms with Crippen molar-refractivity contribution in [3.8, 4) is 5.75 Å². The maximum Gasteiger partial charge on any atom is 0.264 e. The highest BCUT2D eigenvalue weighted by Gasteiger charge is 2.10. The Morgan fingerprint density at radius 2 is 1.88 bits per heavy atom. The summed E-state index contributed by atoms with van der Waals surface area (Å²) in [4.78, 5) is 4.38. The minimum Gasteiger partial charge on any atom is -0.484 e. The first-order chi connectivity index (χ1) is 12.2. The molecule has 0 bridgehead atoms. The number of rotatable bonds is 7. The number of hydrogen-bond donors (Lipinski definition) is 1. The smallest absolute Gasteiger partial charge is 0.264 e. The number of aliphatic hydroxyl groups is 1. The quantitative estimate of drug-likeness (QED) is 0.705. The average Bonchev–Trinajstić information content (AvgIpc) is 3.09. The van der Waals surface area contributed by atoms with Crippen molar-refractivity contribution in [2.24, 2.45) is 0 Å². The van der Waals surface area contributed by atoms with E-state index in [4.69, 9.17) is 9.26 Å². The van der Waals surface area contributed by atoms with Crippen LogP contribution in [0.4, 0.5) is 0 Å². The van der Waals surface area contributed by atoms with Gasteiger partial charge in [0, 0.05) is 6.42 Å². The molecular weight excluding hydrogens is 316 g/mol. The van der Waals surface area contributed by atoms with Crippen molar-refractivity contribution >= 4 is 0 Å². The van der Waals surface area contributed by atoms with Gasteiger partial charge in [0.05, 0.1) is 6.10 Å². The summed E-state index contributed by atoms with van der Waals surface area (Å²) in [5.41, 5.74) is 3.27. The van der Waals surface area contributed by atoms with E-state index in [9.17, 15) is 5.11 Å². The Labute approximate surface area is 147 Å². The highest BCUT2D eigenvalue weighted by molar-refractivity contribution is 5.29. The number of aliphatic hydroxyl groups excluding tert-OH is 1. The van der Waals surface area contributed by atoms with E-state index in [0.717, 1.165) is 5.56 Å². The lowest BCUT2D eigenvalue weighted by molar-refractivity contribution is 0.173. The Kier molecular flexibility index (Phi) is 5.46. The van der Waals surface area contributed by atoms with Crippen molar-refractivity contribution in [1.82, 2.24) is 10.1 Å². The third-order valence-corrected chi connectivity index (χ3v) is 4.13. The number of aromatic nitrogens is 2. The maximum atomic E-state index is 9.80. The lowest BCUT2D eigenvalue weighted by Gasteiger charge is -2.09. The third kappa shape index (κ3) is 4.45. The van der Waals surface area contributed by atoms with E-state index in [1.807, 2.05) is 43.3 Å². The third-order valence-electron chi connectivity index (χ3n) is 4.13. The molecule has 0 aliphatic heterocycles. The first kappa shape index (κ1) is 17.2. The van der Waals surface area contributed by atoms with Gasteiger partial charge in [-0.1, -0.05) is 48.5 Å². The molecule has 3 rings (SSSR count). The highest BCUT2D eigenvalue weighted by Crippen LogP contribution is 2.20. The van der Waals surface area contributed by atoms with Crippen LogP contribution in [0.15, 0.2) is 53.1 Å². The molecule has 2 aromatic carbocycles. The van der Waals surface area contributed by atoms with Crippen LogP contribution < -0.4 is 4.74 Å². The molecule has 0 aliphatic carbocycles. The van der Waals surface area contributed by atoms with E-state index < -0.39 is 6.10 Å². The summed E-state index contributed by atoms with van der Waals surface area (Å²) in [5.74, 6) is 1.79. The number of hydrogen-bond acceptors (Lipinski definition) is 5. The van der Waals surface area contributed by atoms with Crippen LogP contribution in [0.2, 0.25) is 0 Å². The molecule has 3 aromatic rings. The van der Waals surface area contributed by atoms with Gasteiger partial charge in [-0.25, -0.2) is 0 Å². The Morgan fingerprint density at radius 3 is 2.60 bits per heavy atom. The molecule has 130 valence electrons. The van der Waals surface area contributed by atoms with Gasteiger partial charge < -0.3 is 14.4 Å². The fourth-order valence-electron chi connectivity index (χ4n) is 2.57. The highest BCUT2D eigenvalue weighted by atomic mass is 16.5. The zero-order chi connectivity index (χ0) is 17.6. The van der Waals surface area contributed by atoms with Gasteiger partial charge in [0.15, 0.2) is 12.4 Å². The second-order valence-electron chi connectivity index (χ2n) is 5.99. The fourth-order valence-corrected chi connectivity index (χ4v) is 2.57. The molecule has 1 atom stereocenters. The van der Waals surface area contributed by atoms with Crippen molar-refractivity contribution in [2.75, 3.05) is 0 Å². The minimum absolute atomic E-state index is 0.219. The molecule has 0 saturated carbocycles. The fraction of sp³-hybridized carbons (Fsp3) is 0.300. The maximum absolute atomic E-state index is 9.80. The topological polar surface area (TPSA) is 68.4 Å². The van der Waals surface area contributed by atoms with Gasteiger partial charge in [0.25, 0.3) is 5.89 Å². The molecule has 0 amide bonds. The predicted octanol–water partition coefficient (Wildman–Crippen LogP) is 3.99. The predicted molar refractivity (Wildman–Crippen MR) is 94.3 cm³/mol. The van der Waals surface area contributed by atoms with Crippen LogP contribution in [0.5, 0.6) is 5.75 Å². The number of ether oxygens (including phenoxy) is 1. The Hall–Kier alpha value is -2.66. The molecule has 0 radical (unpaired) electrons. The summed E-state index contributed by atoms with van der Waals surface area (Å²) >= 11 is 0. The molecule has 0 fully saturated rings. The van der Waals surface area contributed by atoms with E-state index in [1.165, 1.54) is 11.1 Å². The van der Waals surface area contributed by atoms with Crippen LogP contribution in [-0.4, -0.2) is 15.2 Å². The van der Waals surface area contributed by atoms with Crippen LogP contribution >= 0.6 is 0 Å². The largest absolute Gasteiger partial charge is 0.484 e. The number of benzene rings is 2. The van der Waals surface area contributed by atoms with E-state index in [1.54, 1.807) is 0 Å². The van der Waals surface area contributed by atoms with Gasteiger partial charge in [-0.3, -0.25) is 0 Å². The van der Waals surface area contributed by atoms with Gasteiger partial charge in [0.1, 0.15) is 5.75 Å². The van der Waals surface area contributed by atoms with Crippen LogP contribution in [0.25, 0.3) is 0 Å². The molecule has 0 aliphatic rings. The van der Waals surface area contributed by atoms with Crippen LogP contribution in [0.3, 0.4) is 0 Å². The SMILES string of the molecule is CCC(O)c1ccc(OCc2nc(Cc3ccccc3C)no2)cc1. The molecule has 1 N–H and O–H groups in total. The molecule has 0 saturated heterocycles. The summed E-state index contributed by atoms with van der Waals surface area (Å²) in [6.07, 6.45) is 0.889. The summed E-state index contributed by atoms with van der Waals surface area (Å²) in [6, 6.07) is 15.5. The zero-order valence-electron chi connectivity index (χ0n) is 14.5. The molecule has 1 unspecified atom stereocenters. The van der Waals surface area contributed by atoms with E-state index in [0.29, 0.717) is 30.3 Å². The van der Waals surface area contributed by atoms with Crippen molar-refractivity contribution < 1.29 is 14.4 Å². The molecule has 5 heteroatoms. The summed E-state index contributed by atoms with van der Waals surface area (Å²) in [7, 11) is 0. The van der Waals surface area contributed by atoms with Crippen molar-refractivity contribution in [2.45, 2.75) is 39.4 Å². The standard InChI is InChI=1S/C20H22N2O3/c1-3-18(23)15-8-10-17(11-9-15)24-13-20-21-19(22-25-20)12-16-7-5-4-6-14(16)2/h4-11,18,23H,3,12-13H2,1-2H3. The van der Waals surface area contributed by atoms with Gasteiger partial charge in [-0.2, -0.15) is 4.98 Å². The van der Waals surface area contributed by atoms with E-state index >= 15 is 0 Å². The van der Waals surface area contributed by atoms with Gasteiger partial charge >= 0.3 is 0 Å². The molecule has 1 heterocycles. The van der Waals surface area contributed by atoms with Gasteiger partial charge in [0.2, 0.25) is 0 Å². The lowest BCUT2D eigenvalue weighted by Crippen LogP contribution is -1.98. The summed E-state index contributed by atoms with van der Waals surface area (Å²) < 4.78 is 10.9. The average molecular weight is 338 g/mol. The van der Waals surface area contributed by atoms with Crippen LogP contribution in [0.1, 0.15) is 47.9 Å². The van der Waals surface area contributed by atoms with E-state index in [-0.39, 0.29) is 6.61 Å². The Balaban J connectivity index is 1.57. The molecule has 25 heavy (non-hydrogen) atoms. The minimum atomic E-state index is -0.436. The first-order valence-electron chi connectivity index (χ1n) is 8.42. The summed E-state index contributed by atoms with van der Waals surface area (Å²) in [6.45, 7) is 4.23. The van der Waals surface area contributed by atoms with Gasteiger partial charge in [-0.05, 0) is 42.2 Å². The number of aryl methyl sites for hydroxylation is 1. The Morgan fingerprint density at radius 1 is 1.12 bits per heavy atom. The lowest BCUT2D eigenvalue weighted by atomic mass is 10.1. The molecule has 5 nitrogen and oxygen atoms in total. The Bertz CT molecular complexity index is 812. The molecular formula is C20H22N2O3. The zero-order valence-corrected chi connectivity index (χ0v) is 14.5. The summed E-state index contributed by atoms with van der Waals surface area (Å²) in [5, 5.41) is 13.8. The van der Waals surface area contributed by atoms with Crippen LogP contribution in [0, 0.1) is 6.92 Å². The second kappa shape index (κ2) is 7.94. The molecule has 1 aromatic heterocycles. The van der Waals surface area contributed by atoms with E-state index in [2.05, 4.69) is 29.2 Å². The van der Waals surface area contributed by atoms with Crippen molar-refractivity contribution in [3.05, 3.63) is 76.9 Å². The van der Waals surface area contributed by atoms with Crippen LogP contribution in [-0.2, 0) is 13.0 Å². The van der Waals surface area contributed by atoms with Gasteiger partial charge in [-0.15, -0.1) is 0 Å². The molecule has 0 spiro atoms. The monoisotopic (exact) mass is 338 g/mol. The van der Waals surface area contributed by atoms with Crippen molar-refractivity contribution in [3.63, 3.8) is 0 Å². The number of nitrogens with zero attached hydrogens (tertiary/aromatic N) is 2. The normalized spacial score (nSPS) is 12.1. The first-order valence-corrected chi connectivity index (χ1v) is 8.42. The van der Waals surface area contributed by atoms with Crippen molar-refractivity contribution in [1.29, 1.82) is 0 Å². The second-order valence-corrected chi connectivity index (χ2v) is 5.99.